The summed E-state index contributed by atoms with van der Waals surface area (Å²) >= 11 is 1.52. The average Bonchev–Trinajstić information content (AvgIpc) is 2.77. The summed E-state index contributed by atoms with van der Waals surface area (Å²) in [5, 5.41) is 11.5. The summed E-state index contributed by atoms with van der Waals surface area (Å²) in [5.41, 5.74) is 3.12. The van der Waals surface area contributed by atoms with Gasteiger partial charge >= 0.3 is 0 Å². The number of piperidine rings is 1. The van der Waals surface area contributed by atoms with Crippen LogP contribution in [0.3, 0.4) is 0 Å². The molecule has 0 aromatic heterocycles. The molecule has 1 saturated heterocycles. The number of anilines is 1. The Kier molecular flexibility index (Phi) is 9.96. The molecule has 166 valence electrons. The maximum Gasteiger partial charge on any atom is 0.251 e. The number of benzene rings is 1. The van der Waals surface area contributed by atoms with E-state index in [2.05, 4.69) is 5.32 Å². The first-order valence-corrected chi connectivity index (χ1v) is 11.5. The average molecular weight is 437 g/mol. The Hall–Kier alpha value is -2.26. The van der Waals surface area contributed by atoms with Gasteiger partial charge in [-0.05, 0) is 55.7 Å². The van der Waals surface area contributed by atoms with E-state index in [9.17, 15) is 14.4 Å². The third-order valence-corrected chi connectivity index (χ3v) is 6.17. The minimum atomic E-state index is -0.610. The Morgan fingerprint density at radius 2 is 1.80 bits per heavy atom. The first kappa shape index (κ1) is 24.0. The van der Waals surface area contributed by atoms with E-state index in [4.69, 9.17) is 5.21 Å². The van der Waals surface area contributed by atoms with E-state index >= 15 is 0 Å². The van der Waals surface area contributed by atoms with Gasteiger partial charge < -0.3 is 15.1 Å². The number of carbonyl (C=O) groups excluding carboxylic acids is 3. The zero-order valence-corrected chi connectivity index (χ0v) is 18.5. The third-order valence-electron chi connectivity index (χ3n) is 5.02. The SMILES string of the molecule is CN(C)c1ccc(C(=O)N[C@@H](CSCCCC(=O)NO)C(=O)N2CCCCC2)cc1. The van der Waals surface area contributed by atoms with Crippen molar-refractivity contribution in [2.24, 2.45) is 0 Å². The van der Waals surface area contributed by atoms with E-state index in [1.807, 2.05) is 36.0 Å². The second-order valence-corrected chi connectivity index (χ2v) is 8.72. The number of rotatable bonds is 10. The number of nitrogens with zero attached hydrogens (tertiary/aromatic N) is 2. The van der Waals surface area contributed by atoms with Gasteiger partial charge in [0, 0.05) is 50.6 Å². The molecule has 1 aromatic carbocycles. The van der Waals surface area contributed by atoms with Crippen molar-refractivity contribution in [1.29, 1.82) is 0 Å². The molecule has 8 nitrogen and oxygen atoms in total. The molecule has 1 atom stereocenters. The van der Waals surface area contributed by atoms with Crippen molar-refractivity contribution < 1.29 is 19.6 Å². The fourth-order valence-electron chi connectivity index (χ4n) is 3.25. The van der Waals surface area contributed by atoms with Gasteiger partial charge in [0.25, 0.3) is 5.91 Å². The molecule has 1 aliphatic heterocycles. The van der Waals surface area contributed by atoms with Gasteiger partial charge in [-0.25, -0.2) is 5.48 Å². The first-order chi connectivity index (χ1) is 14.4. The van der Waals surface area contributed by atoms with Crippen molar-refractivity contribution in [3.05, 3.63) is 29.8 Å². The lowest BCUT2D eigenvalue weighted by molar-refractivity contribution is -0.133. The molecule has 1 aromatic rings. The van der Waals surface area contributed by atoms with E-state index in [0.29, 0.717) is 23.5 Å². The smallest absolute Gasteiger partial charge is 0.251 e. The molecule has 0 aliphatic carbocycles. The molecule has 0 bridgehead atoms. The van der Waals surface area contributed by atoms with E-state index in [1.54, 1.807) is 17.6 Å². The largest absolute Gasteiger partial charge is 0.378 e. The second-order valence-electron chi connectivity index (χ2n) is 7.57. The normalized spacial score (nSPS) is 14.7. The molecule has 1 heterocycles. The zero-order valence-electron chi connectivity index (χ0n) is 17.7. The van der Waals surface area contributed by atoms with Crippen LogP contribution in [0.2, 0.25) is 0 Å². The van der Waals surface area contributed by atoms with Crippen LogP contribution < -0.4 is 15.7 Å². The molecule has 1 fully saturated rings. The number of nitrogens with one attached hydrogen (secondary N) is 2. The van der Waals surface area contributed by atoms with Crippen LogP contribution in [0.1, 0.15) is 42.5 Å². The third kappa shape index (κ3) is 7.53. The van der Waals surface area contributed by atoms with Crippen LogP contribution in [0.15, 0.2) is 24.3 Å². The van der Waals surface area contributed by atoms with Crippen molar-refractivity contribution in [1.82, 2.24) is 15.7 Å². The minimum absolute atomic E-state index is 0.0476. The number of thioether (sulfide) groups is 1. The number of likely N-dealkylation sites (tertiary alicyclic amines) is 1. The highest BCUT2D eigenvalue weighted by molar-refractivity contribution is 7.99. The fourth-order valence-corrected chi connectivity index (χ4v) is 4.23. The van der Waals surface area contributed by atoms with Crippen molar-refractivity contribution >= 4 is 35.2 Å². The maximum atomic E-state index is 13.0. The van der Waals surface area contributed by atoms with Gasteiger partial charge in [-0.2, -0.15) is 11.8 Å². The van der Waals surface area contributed by atoms with E-state index in [-0.39, 0.29) is 18.2 Å². The summed E-state index contributed by atoms with van der Waals surface area (Å²) in [6, 6.07) is 6.65. The number of hydrogen-bond donors (Lipinski definition) is 3. The number of amides is 3. The number of hydroxylamine groups is 1. The molecular weight excluding hydrogens is 404 g/mol. The van der Waals surface area contributed by atoms with Crippen molar-refractivity contribution in [3.8, 4) is 0 Å². The number of carbonyl (C=O) groups is 3. The van der Waals surface area contributed by atoms with Gasteiger partial charge in [-0.15, -0.1) is 0 Å². The Morgan fingerprint density at radius 3 is 2.40 bits per heavy atom. The molecule has 0 saturated carbocycles. The van der Waals surface area contributed by atoms with Crippen LogP contribution >= 0.6 is 11.8 Å². The topological polar surface area (TPSA) is 102 Å². The predicted molar refractivity (Wildman–Crippen MR) is 119 cm³/mol. The van der Waals surface area contributed by atoms with Crippen LogP contribution in [-0.2, 0) is 9.59 Å². The Morgan fingerprint density at radius 1 is 1.13 bits per heavy atom. The van der Waals surface area contributed by atoms with Gasteiger partial charge in [-0.3, -0.25) is 19.6 Å². The van der Waals surface area contributed by atoms with Crippen LogP contribution in [-0.4, -0.2) is 72.6 Å². The Bertz CT molecular complexity index is 705. The number of hydrogen-bond acceptors (Lipinski definition) is 6. The summed E-state index contributed by atoms with van der Waals surface area (Å²) in [7, 11) is 3.87. The lowest BCUT2D eigenvalue weighted by Gasteiger charge is -2.30. The highest BCUT2D eigenvalue weighted by Crippen LogP contribution is 2.15. The standard InChI is InChI=1S/C21H32N4O4S/c1-24(2)17-10-8-16(9-11-17)20(27)22-18(15-30-14-6-7-19(26)23-29)21(28)25-12-4-3-5-13-25/h8-11,18,29H,3-7,12-15H2,1-2H3,(H,22,27)(H,23,26)/t18-/m0/s1. The Balaban J connectivity index is 1.97. The lowest BCUT2D eigenvalue weighted by atomic mass is 10.1. The van der Waals surface area contributed by atoms with Crippen LogP contribution in [0.5, 0.6) is 0 Å². The zero-order chi connectivity index (χ0) is 21.9. The summed E-state index contributed by atoms with van der Waals surface area (Å²) in [6.07, 6.45) is 3.91. The molecule has 2 rings (SSSR count). The lowest BCUT2D eigenvalue weighted by Crippen LogP contribution is -2.51. The van der Waals surface area contributed by atoms with Crippen LogP contribution in [0.25, 0.3) is 0 Å². The molecule has 9 heteroatoms. The van der Waals surface area contributed by atoms with Gasteiger partial charge in [0.15, 0.2) is 0 Å². The van der Waals surface area contributed by atoms with E-state index < -0.39 is 11.9 Å². The minimum Gasteiger partial charge on any atom is -0.378 e. The fraction of sp³-hybridized carbons (Fsp3) is 0.571. The van der Waals surface area contributed by atoms with E-state index in [0.717, 1.165) is 38.0 Å². The van der Waals surface area contributed by atoms with Gasteiger partial charge in [0.1, 0.15) is 6.04 Å². The molecule has 3 N–H and O–H groups in total. The van der Waals surface area contributed by atoms with Gasteiger partial charge in [0.05, 0.1) is 0 Å². The van der Waals surface area contributed by atoms with Gasteiger partial charge in [-0.1, -0.05) is 0 Å². The van der Waals surface area contributed by atoms with Gasteiger partial charge in [0.2, 0.25) is 11.8 Å². The highest BCUT2D eigenvalue weighted by atomic mass is 32.2. The predicted octanol–water partition coefficient (Wildman–Crippen LogP) is 1.88. The quantitative estimate of drug-likeness (QED) is 0.294. The van der Waals surface area contributed by atoms with Crippen molar-refractivity contribution in [2.45, 2.75) is 38.1 Å². The van der Waals surface area contributed by atoms with Crippen LogP contribution in [0.4, 0.5) is 5.69 Å². The maximum absolute atomic E-state index is 13.0. The molecule has 0 unspecified atom stereocenters. The van der Waals surface area contributed by atoms with Crippen molar-refractivity contribution in [2.75, 3.05) is 43.6 Å². The summed E-state index contributed by atoms with van der Waals surface area (Å²) in [6.45, 7) is 1.45. The summed E-state index contributed by atoms with van der Waals surface area (Å²) in [4.78, 5) is 40.7. The molecule has 30 heavy (non-hydrogen) atoms. The Labute approximate surface area is 182 Å². The molecule has 3 amide bonds. The molecule has 0 spiro atoms. The highest BCUT2D eigenvalue weighted by Gasteiger charge is 2.27. The second kappa shape index (κ2) is 12.4. The monoisotopic (exact) mass is 436 g/mol. The van der Waals surface area contributed by atoms with Crippen molar-refractivity contribution in [3.63, 3.8) is 0 Å². The molecule has 0 radical (unpaired) electrons. The summed E-state index contributed by atoms with van der Waals surface area (Å²) < 4.78 is 0. The van der Waals surface area contributed by atoms with E-state index in [1.165, 1.54) is 11.8 Å². The molecule has 1 aliphatic rings. The van der Waals surface area contributed by atoms with Crippen LogP contribution in [0, 0.1) is 0 Å². The first-order valence-electron chi connectivity index (χ1n) is 10.3. The molecular formula is C21H32N4O4S. The summed E-state index contributed by atoms with van der Waals surface area (Å²) in [5.74, 6) is 0.359.